The Balaban J connectivity index is 1.34. The number of cyclic esters (lactones) is 1. The fourth-order valence-corrected chi connectivity index (χ4v) is 9.76. The Labute approximate surface area is 281 Å². The predicted molar refractivity (Wildman–Crippen MR) is 165 cm³/mol. The lowest BCUT2D eigenvalue weighted by Gasteiger charge is -2.53. The molecule has 5 fully saturated rings. The molecule has 14 heteroatoms. The van der Waals surface area contributed by atoms with E-state index in [1.807, 2.05) is 13.8 Å². The Morgan fingerprint density at radius 2 is 1.33 bits per heavy atom. The van der Waals surface area contributed by atoms with Crippen LogP contribution in [-0.4, -0.2) is 134 Å². The Morgan fingerprint density at radius 3 is 1.98 bits per heavy atom. The molecule has 2 aliphatic carbocycles. The number of carbonyl (C=O) groups is 2. The summed E-state index contributed by atoms with van der Waals surface area (Å²) in [4.78, 5) is 27.9. The summed E-state index contributed by atoms with van der Waals surface area (Å²) in [6, 6.07) is 0. The zero-order chi connectivity index (χ0) is 35.4. The van der Waals surface area contributed by atoms with Gasteiger partial charge in [0.05, 0.1) is 25.2 Å². The van der Waals surface area contributed by atoms with E-state index in [1.54, 1.807) is 6.92 Å². The number of fused-ring (bicyclic) bond motifs is 3. The smallest absolute Gasteiger partial charge is 0.309 e. The number of hydrogen-bond donors (Lipinski definition) is 7. The summed E-state index contributed by atoms with van der Waals surface area (Å²) in [7, 11) is 0. The first kappa shape index (κ1) is 37.9. The van der Waals surface area contributed by atoms with Gasteiger partial charge in [-0.15, -0.1) is 0 Å². The average molecular weight is 689 g/mol. The first-order chi connectivity index (χ1) is 22.6. The summed E-state index contributed by atoms with van der Waals surface area (Å²) in [6.45, 7) is 10.6. The predicted octanol–water partition coefficient (Wildman–Crippen LogP) is -0.647. The molecule has 7 N–H and O–H groups in total. The summed E-state index contributed by atoms with van der Waals surface area (Å²) < 4.78 is 29.3. The molecular formula is C34H56O14. The highest BCUT2D eigenvalue weighted by molar-refractivity contribution is 5.88. The Kier molecular flexibility index (Phi) is 12.0. The van der Waals surface area contributed by atoms with Gasteiger partial charge in [-0.05, 0) is 61.7 Å². The molecule has 0 aromatic heterocycles. The van der Waals surface area contributed by atoms with Gasteiger partial charge in [0.1, 0.15) is 60.7 Å². The van der Waals surface area contributed by atoms with E-state index in [4.69, 9.17) is 23.7 Å². The highest BCUT2D eigenvalue weighted by atomic mass is 16.7. The summed E-state index contributed by atoms with van der Waals surface area (Å²) >= 11 is 0. The van der Waals surface area contributed by atoms with Crippen molar-refractivity contribution in [2.75, 3.05) is 13.2 Å². The van der Waals surface area contributed by atoms with Crippen molar-refractivity contribution in [2.45, 2.75) is 134 Å². The van der Waals surface area contributed by atoms with Crippen LogP contribution >= 0.6 is 0 Å². The molecule has 0 radical (unpaired) electrons. The van der Waals surface area contributed by atoms with Crippen LogP contribution in [0.4, 0.5) is 0 Å². The number of hydrogen-bond acceptors (Lipinski definition) is 14. The number of ketones is 1. The highest BCUT2D eigenvalue weighted by Crippen LogP contribution is 2.54. The lowest BCUT2D eigenvalue weighted by Crippen LogP contribution is -2.65. The highest BCUT2D eigenvalue weighted by Gasteiger charge is 2.58. The molecule has 5 aliphatic rings. The molecule has 0 aromatic carbocycles. The van der Waals surface area contributed by atoms with Crippen LogP contribution in [-0.2, 0) is 33.3 Å². The number of aliphatic hydroxyl groups is 7. The molecule has 3 aliphatic heterocycles. The van der Waals surface area contributed by atoms with E-state index in [0.717, 1.165) is 12.8 Å². The van der Waals surface area contributed by atoms with Crippen molar-refractivity contribution in [3.8, 4) is 0 Å². The second kappa shape index (κ2) is 15.1. The molecular weight excluding hydrogens is 632 g/mol. The van der Waals surface area contributed by atoms with Crippen molar-refractivity contribution in [1.82, 2.24) is 0 Å². The Hall–Kier alpha value is -1.30. The third-order valence-corrected chi connectivity index (χ3v) is 12.0. The van der Waals surface area contributed by atoms with E-state index in [1.165, 1.54) is 0 Å². The lowest BCUT2D eigenvalue weighted by atomic mass is 9.51. The van der Waals surface area contributed by atoms with Crippen LogP contribution < -0.4 is 0 Å². The quantitative estimate of drug-likeness (QED) is 0.165. The summed E-state index contributed by atoms with van der Waals surface area (Å²) in [5.74, 6) is -0.817. The van der Waals surface area contributed by atoms with Gasteiger partial charge in [-0.3, -0.25) is 9.59 Å². The Morgan fingerprint density at radius 1 is 0.729 bits per heavy atom. The number of carbonyl (C=O) groups excluding carboxylic acids is 2. The molecule has 21 atom stereocenters. The van der Waals surface area contributed by atoms with Crippen molar-refractivity contribution < 1.29 is 69.0 Å². The van der Waals surface area contributed by atoms with E-state index in [-0.39, 0.29) is 53.2 Å². The van der Waals surface area contributed by atoms with Crippen LogP contribution in [0.5, 0.6) is 0 Å². The number of Topliss-reactive ketones (excluding diaryl/α,β-unsaturated/α-hetero) is 1. The van der Waals surface area contributed by atoms with Crippen molar-refractivity contribution >= 4 is 11.8 Å². The maximum Gasteiger partial charge on any atom is 0.309 e. The van der Waals surface area contributed by atoms with Gasteiger partial charge in [0, 0.05) is 11.8 Å². The van der Waals surface area contributed by atoms with Gasteiger partial charge in [0.2, 0.25) is 0 Å². The largest absolute Gasteiger partial charge is 0.459 e. The van der Waals surface area contributed by atoms with Gasteiger partial charge in [-0.25, -0.2) is 0 Å². The summed E-state index contributed by atoms with van der Waals surface area (Å²) in [5.41, 5.74) is 0. The first-order valence-corrected chi connectivity index (χ1v) is 17.6. The van der Waals surface area contributed by atoms with Crippen LogP contribution in [0.2, 0.25) is 0 Å². The normalized spacial score (nSPS) is 52.4. The third kappa shape index (κ3) is 6.97. The van der Waals surface area contributed by atoms with Crippen molar-refractivity contribution in [1.29, 1.82) is 0 Å². The van der Waals surface area contributed by atoms with E-state index in [2.05, 4.69) is 20.8 Å². The summed E-state index contributed by atoms with van der Waals surface area (Å²) in [5, 5.41) is 72.5. The summed E-state index contributed by atoms with van der Waals surface area (Å²) in [6.07, 6.45) is -15.1. The molecule has 5 rings (SSSR count). The lowest BCUT2D eigenvalue weighted by molar-refractivity contribution is -0.365. The van der Waals surface area contributed by atoms with Crippen LogP contribution in [0.25, 0.3) is 0 Å². The molecule has 0 spiro atoms. The van der Waals surface area contributed by atoms with Gasteiger partial charge in [-0.2, -0.15) is 0 Å². The van der Waals surface area contributed by atoms with Crippen LogP contribution in [0.3, 0.4) is 0 Å². The van der Waals surface area contributed by atoms with Crippen molar-refractivity contribution in [2.24, 2.45) is 53.3 Å². The van der Waals surface area contributed by atoms with Gasteiger partial charge in [-0.1, -0.05) is 34.6 Å². The van der Waals surface area contributed by atoms with Crippen LogP contribution in [0.15, 0.2) is 0 Å². The number of ether oxygens (including phenoxy) is 5. The minimum atomic E-state index is -1.80. The van der Waals surface area contributed by atoms with Crippen molar-refractivity contribution in [3.63, 3.8) is 0 Å². The fraction of sp³-hybridized carbons (Fsp3) is 0.941. The van der Waals surface area contributed by atoms with Crippen molar-refractivity contribution in [3.05, 3.63) is 0 Å². The number of aliphatic hydroxyl groups excluding tert-OH is 7. The van der Waals surface area contributed by atoms with Gasteiger partial charge in [0.15, 0.2) is 12.6 Å². The standard InChI is InChI=1S/C34H56O14/c1-12-7-13(2)22-18(8-12)24(37)16(5)21-14(3)9-15(4)30(47-32(43)23(21)22)17(6)44-34-29(42)31(26(39)20(11-36)46-34)48-33-28(41)27(40)25(38)19(10-35)45-33/h12-23,25-31,33-36,38-42H,7-11H2,1-6H3/t12-,13+,14+,15-,16+,17+,18-,19-,20-,21-,22-,23-,25-,26-,27+,28-,29-,30-,31+,33+,34-/m1/s1. The maximum atomic E-state index is 14.2. The second-order valence-electron chi connectivity index (χ2n) is 15.5. The van der Waals surface area contributed by atoms with Gasteiger partial charge < -0.3 is 59.4 Å². The Bertz CT molecular complexity index is 1120. The molecule has 0 bridgehead atoms. The molecule has 2 saturated carbocycles. The monoisotopic (exact) mass is 688 g/mol. The molecule has 48 heavy (non-hydrogen) atoms. The molecule has 0 aromatic rings. The molecule has 276 valence electrons. The first-order valence-electron chi connectivity index (χ1n) is 17.6. The van der Waals surface area contributed by atoms with E-state index >= 15 is 0 Å². The minimum Gasteiger partial charge on any atom is -0.459 e. The van der Waals surface area contributed by atoms with Crippen LogP contribution in [0, 0.1) is 53.3 Å². The molecule has 0 unspecified atom stereocenters. The van der Waals surface area contributed by atoms with Gasteiger partial charge >= 0.3 is 5.97 Å². The molecule has 14 nitrogen and oxygen atoms in total. The topological polar surface area (TPSA) is 222 Å². The molecule has 3 heterocycles. The zero-order valence-electron chi connectivity index (χ0n) is 28.6. The van der Waals surface area contributed by atoms with E-state index < -0.39 is 92.8 Å². The van der Waals surface area contributed by atoms with E-state index in [9.17, 15) is 45.3 Å². The maximum absolute atomic E-state index is 14.2. The van der Waals surface area contributed by atoms with Gasteiger partial charge in [0.25, 0.3) is 0 Å². The minimum absolute atomic E-state index is 0.0424. The zero-order valence-corrected chi connectivity index (χ0v) is 28.6. The number of rotatable bonds is 7. The SMILES string of the molecule is C[C@@H]1C[C@H](C)[C@H]2[C@@H]3C(=O)O[C@@H]([C@H](C)O[C@@H]4O[C@H](CO)[C@@H](O)[C@H](O[C@@H]5O[C@H](CO)[C@@H](O)[C@H](O)[C@H]5O)[C@H]4O)[C@H](C)C[C@H](C)[C@@H]3[C@H](C)C(=O)[C@@H]2C1. The average Bonchev–Trinajstić information content (AvgIpc) is 3.03. The number of esters is 1. The second-order valence-corrected chi connectivity index (χ2v) is 15.5. The fourth-order valence-electron chi connectivity index (χ4n) is 9.76. The molecule has 0 amide bonds. The molecule has 3 saturated heterocycles. The van der Waals surface area contributed by atoms with E-state index in [0.29, 0.717) is 12.3 Å². The van der Waals surface area contributed by atoms with Crippen LogP contribution in [0.1, 0.15) is 60.8 Å². The third-order valence-electron chi connectivity index (χ3n) is 12.0.